The Kier molecular flexibility index (Phi) is 2.23. The van der Waals surface area contributed by atoms with Crippen LogP contribution in [0.25, 0.3) is 0 Å². The Morgan fingerprint density at radius 3 is 2.27 bits per heavy atom. The van der Waals surface area contributed by atoms with E-state index in [0.29, 0.717) is 0 Å². The second-order valence-electron chi connectivity index (χ2n) is 3.60. The number of ether oxygens (including phenoxy) is 1. The highest BCUT2D eigenvalue weighted by molar-refractivity contribution is 7.10. The van der Waals surface area contributed by atoms with Crippen molar-refractivity contribution in [3.05, 3.63) is 16.3 Å². The molecule has 62 valence electrons. The van der Waals surface area contributed by atoms with Gasteiger partial charge in [0.1, 0.15) is 5.75 Å². The van der Waals surface area contributed by atoms with E-state index in [1.165, 1.54) is 4.88 Å². The molecule has 0 spiro atoms. The Morgan fingerprint density at radius 1 is 1.36 bits per heavy atom. The maximum atomic E-state index is 5.10. The van der Waals surface area contributed by atoms with E-state index in [1.54, 1.807) is 18.4 Å². The van der Waals surface area contributed by atoms with Crippen LogP contribution in [-0.2, 0) is 5.41 Å². The van der Waals surface area contributed by atoms with Crippen molar-refractivity contribution in [1.29, 1.82) is 0 Å². The van der Waals surface area contributed by atoms with E-state index in [2.05, 4.69) is 26.8 Å². The van der Waals surface area contributed by atoms with Gasteiger partial charge in [0.05, 0.1) is 7.11 Å². The predicted molar refractivity (Wildman–Crippen MR) is 49.6 cm³/mol. The molecule has 1 nitrogen and oxygen atoms in total. The highest BCUT2D eigenvalue weighted by Gasteiger charge is 2.15. The van der Waals surface area contributed by atoms with Gasteiger partial charge in [-0.15, -0.1) is 11.3 Å². The van der Waals surface area contributed by atoms with E-state index in [-0.39, 0.29) is 5.41 Å². The molecule has 0 aliphatic carbocycles. The molecule has 0 fully saturated rings. The lowest BCUT2D eigenvalue weighted by molar-refractivity contribution is 0.415. The average molecular weight is 170 g/mol. The van der Waals surface area contributed by atoms with Crippen molar-refractivity contribution in [2.75, 3.05) is 7.11 Å². The maximum absolute atomic E-state index is 5.10. The molecule has 0 amide bonds. The monoisotopic (exact) mass is 170 g/mol. The molecule has 0 atom stereocenters. The van der Waals surface area contributed by atoms with Crippen LogP contribution in [0.1, 0.15) is 25.6 Å². The summed E-state index contributed by atoms with van der Waals surface area (Å²) >= 11 is 1.76. The van der Waals surface area contributed by atoms with Crippen LogP contribution in [0.5, 0.6) is 5.75 Å². The second kappa shape index (κ2) is 2.86. The van der Waals surface area contributed by atoms with E-state index in [0.717, 1.165) is 5.75 Å². The summed E-state index contributed by atoms with van der Waals surface area (Å²) in [4.78, 5) is 1.37. The summed E-state index contributed by atoms with van der Waals surface area (Å²) in [6.45, 7) is 6.62. The van der Waals surface area contributed by atoms with Crippen molar-refractivity contribution in [3.8, 4) is 5.75 Å². The molecule has 0 saturated carbocycles. The van der Waals surface area contributed by atoms with Gasteiger partial charge in [-0.05, 0) is 11.5 Å². The quantitative estimate of drug-likeness (QED) is 0.629. The minimum absolute atomic E-state index is 0.251. The molecule has 0 bridgehead atoms. The van der Waals surface area contributed by atoms with Crippen LogP contribution < -0.4 is 4.74 Å². The zero-order chi connectivity index (χ0) is 8.48. The first-order chi connectivity index (χ1) is 5.04. The molecule has 0 unspecified atom stereocenters. The third-order valence-electron chi connectivity index (χ3n) is 1.55. The lowest BCUT2D eigenvalue weighted by Crippen LogP contribution is -2.07. The van der Waals surface area contributed by atoms with Gasteiger partial charge in [0.2, 0.25) is 0 Å². The van der Waals surface area contributed by atoms with Crippen LogP contribution in [0.2, 0.25) is 0 Å². The van der Waals surface area contributed by atoms with Crippen molar-refractivity contribution in [2.45, 2.75) is 26.2 Å². The summed E-state index contributed by atoms with van der Waals surface area (Å²) in [5.41, 5.74) is 0.251. The van der Waals surface area contributed by atoms with Crippen LogP contribution in [0, 0.1) is 0 Å². The molecular formula is C9H14OS. The molecule has 0 saturated heterocycles. The van der Waals surface area contributed by atoms with Crippen LogP contribution in [0.3, 0.4) is 0 Å². The third-order valence-corrected chi connectivity index (χ3v) is 2.88. The first-order valence-electron chi connectivity index (χ1n) is 3.67. The summed E-state index contributed by atoms with van der Waals surface area (Å²) in [5.74, 6) is 0.972. The van der Waals surface area contributed by atoms with Crippen molar-refractivity contribution in [1.82, 2.24) is 0 Å². The first kappa shape index (κ1) is 8.60. The SMILES string of the molecule is COc1csc(C(C)(C)C)c1. The Morgan fingerprint density at radius 2 is 2.00 bits per heavy atom. The molecule has 0 aromatic carbocycles. The van der Waals surface area contributed by atoms with Crippen LogP contribution in [0.15, 0.2) is 11.4 Å². The molecule has 1 aromatic rings. The highest BCUT2D eigenvalue weighted by atomic mass is 32.1. The van der Waals surface area contributed by atoms with Crippen LogP contribution in [-0.4, -0.2) is 7.11 Å². The van der Waals surface area contributed by atoms with Crippen molar-refractivity contribution >= 4 is 11.3 Å². The number of hydrogen-bond acceptors (Lipinski definition) is 2. The fraction of sp³-hybridized carbons (Fsp3) is 0.556. The fourth-order valence-electron chi connectivity index (χ4n) is 0.819. The van der Waals surface area contributed by atoms with Gasteiger partial charge < -0.3 is 4.74 Å². The first-order valence-corrected chi connectivity index (χ1v) is 4.55. The Hall–Kier alpha value is -0.500. The molecule has 11 heavy (non-hydrogen) atoms. The van der Waals surface area contributed by atoms with E-state index in [9.17, 15) is 0 Å². The van der Waals surface area contributed by atoms with E-state index in [1.807, 2.05) is 5.38 Å². The molecular weight excluding hydrogens is 156 g/mol. The number of methoxy groups -OCH3 is 1. The van der Waals surface area contributed by atoms with Crippen molar-refractivity contribution < 1.29 is 4.74 Å². The molecule has 1 heterocycles. The Bertz CT molecular complexity index is 232. The minimum atomic E-state index is 0.251. The van der Waals surface area contributed by atoms with E-state index < -0.39 is 0 Å². The lowest BCUT2D eigenvalue weighted by Gasteiger charge is -2.14. The van der Waals surface area contributed by atoms with Crippen LogP contribution in [0.4, 0.5) is 0 Å². The van der Waals surface area contributed by atoms with Gasteiger partial charge in [0, 0.05) is 10.3 Å². The number of rotatable bonds is 1. The molecule has 2 heteroatoms. The second-order valence-corrected chi connectivity index (χ2v) is 4.51. The molecule has 1 aromatic heterocycles. The summed E-state index contributed by atoms with van der Waals surface area (Å²) in [6.07, 6.45) is 0. The van der Waals surface area contributed by atoms with Gasteiger partial charge in [0.25, 0.3) is 0 Å². The molecule has 0 aliphatic rings. The molecule has 1 rings (SSSR count). The third kappa shape index (κ3) is 1.96. The fourth-order valence-corrected chi connectivity index (χ4v) is 1.76. The van der Waals surface area contributed by atoms with Crippen molar-refractivity contribution in [2.24, 2.45) is 0 Å². The summed E-state index contributed by atoms with van der Waals surface area (Å²) in [7, 11) is 1.70. The van der Waals surface area contributed by atoms with E-state index in [4.69, 9.17) is 4.74 Å². The molecule has 0 N–H and O–H groups in total. The highest BCUT2D eigenvalue weighted by Crippen LogP contribution is 2.31. The normalized spacial score (nSPS) is 11.6. The van der Waals surface area contributed by atoms with Gasteiger partial charge in [-0.25, -0.2) is 0 Å². The maximum Gasteiger partial charge on any atom is 0.129 e. The minimum Gasteiger partial charge on any atom is -0.496 e. The Balaban J connectivity index is 2.89. The predicted octanol–water partition coefficient (Wildman–Crippen LogP) is 3.05. The van der Waals surface area contributed by atoms with Crippen LogP contribution >= 0.6 is 11.3 Å². The zero-order valence-electron chi connectivity index (χ0n) is 7.47. The average Bonchev–Trinajstić information content (AvgIpc) is 2.32. The molecule has 0 aliphatic heterocycles. The lowest BCUT2D eigenvalue weighted by atomic mass is 9.95. The van der Waals surface area contributed by atoms with Gasteiger partial charge in [-0.3, -0.25) is 0 Å². The van der Waals surface area contributed by atoms with Gasteiger partial charge in [0.15, 0.2) is 0 Å². The Labute approximate surface area is 72.0 Å². The van der Waals surface area contributed by atoms with E-state index >= 15 is 0 Å². The summed E-state index contributed by atoms with van der Waals surface area (Å²) in [5, 5.41) is 2.04. The van der Waals surface area contributed by atoms with Gasteiger partial charge >= 0.3 is 0 Å². The number of hydrogen-bond donors (Lipinski definition) is 0. The van der Waals surface area contributed by atoms with Crippen molar-refractivity contribution in [3.63, 3.8) is 0 Å². The summed E-state index contributed by atoms with van der Waals surface area (Å²) < 4.78 is 5.10. The topological polar surface area (TPSA) is 9.23 Å². The largest absolute Gasteiger partial charge is 0.496 e. The summed E-state index contributed by atoms with van der Waals surface area (Å²) in [6, 6.07) is 2.10. The number of thiophene rings is 1. The zero-order valence-corrected chi connectivity index (χ0v) is 8.29. The smallest absolute Gasteiger partial charge is 0.129 e. The standard InChI is InChI=1S/C9H14OS/c1-9(2,3)8-5-7(10-4)6-11-8/h5-6H,1-4H3. The van der Waals surface area contributed by atoms with Gasteiger partial charge in [-0.2, -0.15) is 0 Å². The van der Waals surface area contributed by atoms with Gasteiger partial charge in [-0.1, -0.05) is 20.8 Å². The molecule has 0 radical (unpaired) electrons.